The second-order valence-corrected chi connectivity index (χ2v) is 1.76. The minimum absolute atomic E-state index is 0.245. The highest BCUT2D eigenvalue weighted by Gasteiger charge is 1.89. The fourth-order valence-electron chi connectivity index (χ4n) is 0.628. The van der Waals surface area contributed by atoms with Crippen LogP contribution in [0.5, 0.6) is 5.75 Å². The smallest absolute Gasteiger partial charge is 0.167 e. The minimum atomic E-state index is 0.245. The summed E-state index contributed by atoms with van der Waals surface area (Å²) in [6.45, 7) is 0. The molecule has 0 fully saturated rings. The maximum Gasteiger partial charge on any atom is 0.167 e. The highest BCUT2D eigenvalue weighted by molar-refractivity contribution is 5.75. The van der Waals surface area contributed by atoms with Crippen LogP contribution in [0.25, 0.3) is 0 Å². The molecule has 0 aliphatic carbocycles. The Balaban J connectivity index is 3.07. The zero-order chi connectivity index (χ0) is 6.69. The molecule has 1 aromatic carbocycles. The van der Waals surface area contributed by atoms with Gasteiger partial charge in [0.1, 0.15) is 5.75 Å². The Hall–Kier alpha value is -1.31. The lowest BCUT2D eigenvalue weighted by molar-refractivity contribution is -0.104. The van der Waals surface area contributed by atoms with Gasteiger partial charge in [-0.15, -0.1) is 0 Å². The summed E-state index contributed by atoms with van der Waals surface area (Å²) in [5.74, 6) is 0.245. The Morgan fingerprint density at radius 3 is 2.67 bits per heavy atom. The van der Waals surface area contributed by atoms with E-state index in [1.807, 2.05) is 6.07 Å². The van der Waals surface area contributed by atoms with Crippen molar-refractivity contribution in [1.82, 2.24) is 0 Å². The third-order valence-electron chi connectivity index (χ3n) is 1.06. The number of phenolic OH excluding ortho intramolecular Hbond substituents is 1. The summed E-state index contributed by atoms with van der Waals surface area (Å²) in [4.78, 5) is 0. The van der Waals surface area contributed by atoms with E-state index in [0.717, 1.165) is 5.56 Å². The van der Waals surface area contributed by atoms with E-state index in [4.69, 9.17) is 10.5 Å². The number of phenols is 1. The molecule has 0 bridgehead atoms. The largest absolute Gasteiger partial charge is 0.508 e. The standard InChI is InChI=1S/C7H7NO/c8-5-6-2-1-3-7(9)4-6/h1-5,8-9H/p+1. The molecule has 0 aliphatic rings. The summed E-state index contributed by atoms with van der Waals surface area (Å²) in [6.07, 6.45) is 1.44. The lowest BCUT2D eigenvalue weighted by Gasteiger charge is -1.88. The molecule has 0 saturated heterocycles. The number of hydrogen-bond acceptors (Lipinski definition) is 1. The number of benzene rings is 1. The van der Waals surface area contributed by atoms with E-state index in [1.165, 1.54) is 6.21 Å². The number of aromatic hydroxyl groups is 1. The highest BCUT2D eigenvalue weighted by atomic mass is 16.3. The average molecular weight is 122 g/mol. The Kier molecular flexibility index (Phi) is 1.49. The van der Waals surface area contributed by atoms with Gasteiger partial charge in [-0.05, 0) is 18.2 Å². The first-order valence-corrected chi connectivity index (χ1v) is 2.67. The zero-order valence-electron chi connectivity index (χ0n) is 4.91. The van der Waals surface area contributed by atoms with Crippen molar-refractivity contribution in [2.75, 3.05) is 0 Å². The molecular weight excluding hydrogens is 114 g/mol. The molecule has 0 aliphatic heterocycles. The summed E-state index contributed by atoms with van der Waals surface area (Å²) in [6, 6.07) is 6.76. The van der Waals surface area contributed by atoms with Crippen LogP contribution in [0.4, 0.5) is 0 Å². The van der Waals surface area contributed by atoms with Gasteiger partial charge in [-0.1, -0.05) is 6.07 Å². The van der Waals surface area contributed by atoms with Gasteiger partial charge in [-0.2, -0.15) is 0 Å². The van der Waals surface area contributed by atoms with Crippen LogP contribution in [0, 0.1) is 0 Å². The van der Waals surface area contributed by atoms with E-state index < -0.39 is 0 Å². The third kappa shape index (κ3) is 1.29. The van der Waals surface area contributed by atoms with Crippen molar-refractivity contribution in [3.8, 4) is 5.75 Å². The molecule has 9 heavy (non-hydrogen) atoms. The van der Waals surface area contributed by atoms with Crippen molar-refractivity contribution in [2.24, 2.45) is 0 Å². The molecular formula is C7H8NO+. The van der Waals surface area contributed by atoms with Crippen molar-refractivity contribution in [2.45, 2.75) is 0 Å². The lowest BCUT2D eigenvalue weighted by Crippen LogP contribution is -2.29. The molecule has 1 rings (SSSR count). The number of nitrogens with two attached hydrogens (primary N) is 1. The second kappa shape index (κ2) is 2.31. The topological polar surface area (TPSA) is 45.8 Å². The Labute approximate surface area is 53.3 Å². The van der Waals surface area contributed by atoms with Crippen LogP contribution >= 0.6 is 0 Å². The molecule has 2 heteroatoms. The molecule has 0 aromatic heterocycles. The lowest BCUT2D eigenvalue weighted by atomic mass is 10.2. The summed E-state index contributed by atoms with van der Waals surface area (Å²) >= 11 is 0. The summed E-state index contributed by atoms with van der Waals surface area (Å²) in [5, 5.41) is 14.1. The fourth-order valence-corrected chi connectivity index (χ4v) is 0.628. The SMILES string of the molecule is [NH2+]=Cc1cccc(O)c1. The van der Waals surface area contributed by atoms with Gasteiger partial charge in [-0.3, -0.25) is 5.41 Å². The van der Waals surface area contributed by atoms with Gasteiger partial charge in [0, 0.05) is 5.56 Å². The van der Waals surface area contributed by atoms with Gasteiger partial charge in [0.05, 0.1) is 0 Å². The van der Waals surface area contributed by atoms with Gasteiger partial charge >= 0.3 is 0 Å². The predicted octanol–water partition coefficient (Wildman–Crippen LogP) is -0.430. The summed E-state index contributed by atoms with van der Waals surface area (Å²) < 4.78 is 0. The van der Waals surface area contributed by atoms with Crippen LogP contribution in [0.1, 0.15) is 5.56 Å². The van der Waals surface area contributed by atoms with E-state index in [9.17, 15) is 0 Å². The molecule has 46 valence electrons. The number of hydrogen-bond donors (Lipinski definition) is 2. The van der Waals surface area contributed by atoms with Crippen molar-refractivity contribution in [3.63, 3.8) is 0 Å². The van der Waals surface area contributed by atoms with Gasteiger partial charge in [0.25, 0.3) is 0 Å². The molecule has 0 spiro atoms. The van der Waals surface area contributed by atoms with Crippen LogP contribution < -0.4 is 5.41 Å². The van der Waals surface area contributed by atoms with E-state index in [0.29, 0.717) is 0 Å². The Morgan fingerprint density at radius 1 is 1.44 bits per heavy atom. The van der Waals surface area contributed by atoms with Crippen molar-refractivity contribution >= 4 is 6.21 Å². The van der Waals surface area contributed by atoms with Gasteiger partial charge in [0.15, 0.2) is 6.21 Å². The molecule has 0 atom stereocenters. The fraction of sp³-hybridized carbons (Fsp3) is 0. The van der Waals surface area contributed by atoms with E-state index in [2.05, 4.69) is 0 Å². The molecule has 0 radical (unpaired) electrons. The van der Waals surface area contributed by atoms with Crippen molar-refractivity contribution in [1.29, 1.82) is 0 Å². The first-order valence-electron chi connectivity index (χ1n) is 2.67. The first-order chi connectivity index (χ1) is 4.33. The van der Waals surface area contributed by atoms with Crippen molar-refractivity contribution in [3.05, 3.63) is 29.8 Å². The summed E-state index contributed by atoms with van der Waals surface area (Å²) in [5.41, 5.74) is 0.829. The third-order valence-corrected chi connectivity index (χ3v) is 1.06. The van der Waals surface area contributed by atoms with Crippen LogP contribution in [0.3, 0.4) is 0 Å². The summed E-state index contributed by atoms with van der Waals surface area (Å²) in [7, 11) is 0. The molecule has 0 saturated carbocycles. The maximum absolute atomic E-state index is 8.87. The molecule has 3 N–H and O–H groups in total. The van der Waals surface area contributed by atoms with Gasteiger partial charge in [-0.25, -0.2) is 0 Å². The normalized spacial score (nSPS) is 8.89. The molecule has 1 aromatic rings. The van der Waals surface area contributed by atoms with E-state index in [-0.39, 0.29) is 5.75 Å². The average Bonchev–Trinajstić information content (AvgIpc) is 1.88. The Morgan fingerprint density at radius 2 is 2.22 bits per heavy atom. The minimum Gasteiger partial charge on any atom is -0.508 e. The van der Waals surface area contributed by atoms with Crippen LogP contribution in [0.15, 0.2) is 24.3 Å². The maximum atomic E-state index is 8.87. The quantitative estimate of drug-likeness (QED) is 0.488. The highest BCUT2D eigenvalue weighted by Crippen LogP contribution is 2.07. The van der Waals surface area contributed by atoms with Crippen LogP contribution in [0.2, 0.25) is 0 Å². The molecule has 0 heterocycles. The van der Waals surface area contributed by atoms with E-state index >= 15 is 0 Å². The molecule has 0 amide bonds. The predicted molar refractivity (Wildman–Crippen MR) is 35.2 cm³/mol. The second-order valence-electron chi connectivity index (χ2n) is 1.76. The Bertz CT molecular complexity index is 220. The molecule has 0 unspecified atom stereocenters. The monoisotopic (exact) mass is 122 g/mol. The van der Waals surface area contributed by atoms with Crippen LogP contribution in [-0.2, 0) is 0 Å². The zero-order valence-corrected chi connectivity index (χ0v) is 4.91. The van der Waals surface area contributed by atoms with Crippen molar-refractivity contribution < 1.29 is 10.5 Å². The first kappa shape index (κ1) is 5.82. The van der Waals surface area contributed by atoms with Gasteiger partial charge in [0.2, 0.25) is 0 Å². The van der Waals surface area contributed by atoms with Gasteiger partial charge < -0.3 is 5.11 Å². The number of rotatable bonds is 1. The molecule has 2 nitrogen and oxygen atoms in total. The van der Waals surface area contributed by atoms with E-state index in [1.54, 1.807) is 18.2 Å². The van der Waals surface area contributed by atoms with Crippen LogP contribution in [-0.4, -0.2) is 11.3 Å².